The van der Waals surface area contributed by atoms with Crippen LogP contribution in [0.15, 0.2) is 42.5 Å². The minimum absolute atomic E-state index is 0.0755. The van der Waals surface area contributed by atoms with Gasteiger partial charge in [-0.2, -0.15) is 0 Å². The zero-order chi connectivity index (χ0) is 16.9. The molecule has 0 spiro atoms. The molecule has 4 nitrogen and oxygen atoms in total. The lowest BCUT2D eigenvalue weighted by molar-refractivity contribution is -0.121. The van der Waals surface area contributed by atoms with E-state index < -0.39 is 0 Å². The van der Waals surface area contributed by atoms with Crippen LogP contribution < -0.4 is 14.8 Å². The Kier molecular flexibility index (Phi) is 5.48. The normalized spacial score (nSPS) is 15.8. The van der Waals surface area contributed by atoms with Gasteiger partial charge in [0.25, 0.3) is 0 Å². The fourth-order valence-corrected chi connectivity index (χ4v) is 3.08. The van der Waals surface area contributed by atoms with E-state index in [1.54, 1.807) is 18.2 Å². The molecule has 0 bridgehead atoms. The van der Waals surface area contributed by atoms with Crippen molar-refractivity contribution in [1.29, 1.82) is 0 Å². The van der Waals surface area contributed by atoms with E-state index in [0.717, 1.165) is 11.3 Å². The highest BCUT2D eigenvalue weighted by Crippen LogP contribution is 2.30. The summed E-state index contributed by atoms with van der Waals surface area (Å²) in [7, 11) is 0. The van der Waals surface area contributed by atoms with Crippen LogP contribution in [0, 0.1) is 0 Å². The third-order valence-corrected chi connectivity index (χ3v) is 4.47. The van der Waals surface area contributed by atoms with E-state index in [-0.39, 0.29) is 12.0 Å². The van der Waals surface area contributed by atoms with Crippen molar-refractivity contribution < 1.29 is 14.3 Å². The molecule has 0 radical (unpaired) electrons. The molecular weight excluding hydrogens is 349 g/mol. The molecule has 1 amide bonds. The predicted molar refractivity (Wildman–Crippen MR) is 94.1 cm³/mol. The Morgan fingerprint density at radius 3 is 2.54 bits per heavy atom. The third kappa shape index (κ3) is 4.13. The summed E-state index contributed by atoms with van der Waals surface area (Å²) in [5.74, 6) is 1.35. The molecule has 126 valence electrons. The Morgan fingerprint density at radius 2 is 1.79 bits per heavy atom. The molecule has 1 aliphatic rings. The maximum absolute atomic E-state index is 12.0. The van der Waals surface area contributed by atoms with Crippen LogP contribution >= 0.6 is 23.2 Å². The molecule has 0 saturated heterocycles. The van der Waals surface area contributed by atoms with Gasteiger partial charge in [-0.15, -0.1) is 0 Å². The quantitative estimate of drug-likeness (QED) is 0.874. The van der Waals surface area contributed by atoms with E-state index in [1.165, 1.54) is 0 Å². The predicted octanol–water partition coefficient (Wildman–Crippen LogP) is 3.88. The molecule has 0 fully saturated rings. The van der Waals surface area contributed by atoms with E-state index in [4.69, 9.17) is 32.7 Å². The number of para-hydroxylation sites is 2. The van der Waals surface area contributed by atoms with Crippen LogP contribution in [0.25, 0.3) is 0 Å². The lowest BCUT2D eigenvalue weighted by Gasteiger charge is -2.26. The monoisotopic (exact) mass is 365 g/mol. The zero-order valence-corrected chi connectivity index (χ0v) is 14.4. The molecule has 1 heterocycles. The molecule has 2 aromatic carbocycles. The highest BCUT2D eigenvalue weighted by atomic mass is 35.5. The standard InChI is InChI=1S/C18H17Cl2NO3/c19-14-4-3-5-15(20)13(14)8-9-18(22)21-10-12-11-23-16-6-1-2-7-17(16)24-12/h1-7,12H,8-11H2,(H,21,22)/t12-/m1/s1. The highest BCUT2D eigenvalue weighted by Gasteiger charge is 2.21. The Bertz CT molecular complexity index is 716. The van der Waals surface area contributed by atoms with Crippen molar-refractivity contribution in [1.82, 2.24) is 5.32 Å². The van der Waals surface area contributed by atoms with Crippen molar-refractivity contribution in [2.24, 2.45) is 0 Å². The fraction of sp³-hybridized carbons (Fsp3) is 0.278. The van der Waals surface area contributed by atoms with Gasteiger partial charge in [-0.1, -0.05) is 41.4 Å². The second-order valence-corrected chi connectivity index (χ2v) is 6.32. The Morgan fingerprint density at radius 1 is 1.08 bits per heavy atom. The molecule has 3 rings (SSSR count). The Balaban J connectivity index is 1.47. The number of hydrogen-bond donors (Lipinski definition) is 1. The lowest BCUT2D eigenvalue weighted by atomic mass is 10.1. The number of amides is 1. The summed E-state index contributed by atoms with van der Waals surface area (Å²) in [6.07, 6.45) is 0.607. The summed E-state index contributed by atoms with van der Waals surface area (Å²) in [5.41, 5.74) is 0.794. The van der Waals surface area contributed by atoms with Crippen LogP contribution in [0.5, 0.6) is 11.5 Å². The van der Waals surface area contributed by atoms with E-state index in [1.807, 2.05) is 24.3 Å². The van der Waals surface area contributed by atoms with Crippen molar-refractivity contribution in [2.75, 3.05) is 13.2 Å². The van der Waals surface area contributed by atoms with Crippen molar-refractivity contribution in [3.8, 4) is 11.5 Å². The van der Waals surface area contributed by atoms with Crippen molar-refractivity contribution >= 4 is 29.1 Å². The number of nitrogens with one attached hydrogen (secondary N) is 1. The maximum atomic E-state index is 12.0. The molecular formula is C18H17Cl2NO3. The first-order valence-electron chi connectivity index (χ1n) is 7.71. The number of carbonyl (C=O) groups excluding carboxylic acids is 1. The minimum atomic E-state index is -0.201. The molecule has 0 aromatic heterocycles. The first-order chi connectivity index (χ1) is 11.6. The number of ether oxygens (including phenoxy) is 2. The van der Waals surface area contributed by atoms with Gasteiger partial charge in [0.05, 0.1) is 6.54 Å². The lowest BCUT2D eigenvalue weighted by Crippen LogP contribution is -2.40. The van der Waals surface area contributed by atoms with Crippen molar-refractivity contribution in [3.63, 3.8) is 0 Å². The second-order valence-electron chi connectivity index (χ2n) is 5.50. The fourth-order valence-electron chi connectivity index (χ4n) is 2.49. The summed E-state index contributed by atoms with van der Waals surface area (Å²) in [6.45, 7) is 0.803. The average molecular weight is 366 g/mol. The summed E-state index contributed by atoms with van der Waals surface area (Å²) in [6, 6.07) is 12.8. The van der Waals surface area contributed by atoms with E-state index >= 15 is 0 Å². The summed E-state index contributed by atoms with van der Waals surface area (Å²) in [4.78, 5) is 12.0. The smallest absolute Gasteiger partial charge is 0.220 e. The molecule has 1 N–H and O–H groups in total. The highest BCUT2D eigenvalue weighted by molar-refractivity contribution is 6.36. The van der Waals surface area contributed by atoms with Crippen LogP contribution in [0.2, 0.25) is 10.0 Å². The van der Waals surface area contributed by atoms with E-state index in [0.29, 0.717) is 41.8 Å². The molecule has 1 aliphatic heterocycles. The van der Waals surface area contributed by atoms with Crippen LogP contribution in [0.3, 0.4) is 0 Å². The topological polar surface area (TPSA) is 47.6 Å². The molecule has 0 unspecified atom stereocenters. The Labute approximate surface area is 150 Å². The number of hydrogen-bond acceptors (Lipinski definition) is 3. The SMILES string of the molecule is O=C(CCc1c(Cl)cccc1Cl)NC[C@@H]1COc2ccccc2O1. The van der Waals surface area contributed by atoms with Crippen molar-refractivity contribution in [2.45, 2.75) is 18.9 Å². The van der Waals surface area contributed by atoms with Crippen molar-refractivity contribution in [3.05, 3.63) is 58.1 Å². The van der Waals surface area contributed by atoms with Crippen LogP contribution in [0.4, 0.5) is 0 Å². The van der Waals surface area contributed by atoms with Crippen LogP contribution in [-0.2, 0) is 11.2 Å². The second kappa shape index (κ2) is 7.77. The molecule has 0 aliphatic carbocycles. The van der Waals surface area contributed by atoms with Gasteiger partial charge >= 0.3 is 0 Å². The summed E-state index contributed by atoms with van der Waals surface area (Å²) in [5, 5.41) is 4.02. The largest absolute Gasteiger partial charge is 0.486 e. The zero-order valence-electron chi connectivity index (χ0n) is 12.9. The molecule has 24 heavy (non-hydrogen) atoms. The Hall–Kier alpha value is -1.91. The average Bonchev–Trinajstić information content (AvgIpc) is 2.59. The van der Waals surface area contributed by atoms with E-state index in [9.17, 15) is 4.79 Å². The first-order valence-corrected chi connectivity index (χ1v) is 8.47. The van der Waals surface area contributed by atoms with Gasteiger partial charge in [-0.25, -0.2) is 0 Å². The molecule has 0 saturated carbocycles. The number of rotatable bonds is 5. The van der Waals surface area contributed by atoms with Gasteiger partial charge in [-0.3, -0.25) is 4.79 Å². The number of halogens is 2. The molecule has 1 atom stereocenters. The molecule has 2 aromatic rings. The van der Waals surface area contributed by atoms with Gasteiger partial charge in [0, 0.05) is 16.5 Å². The summed E-state index contributed by atoms with van der Waals surface area (Å²) < 4.78 is 11.4. The number of benzene rings is 2. The van der Waals surface area contributed by atoms with Gasteiger partial charge in [0.1, 0.15) is 12.7 Å². The number of carbonyl (C=O) groups is 1. The summed E-state index contributed by atoms with van der Waals surface area (Å²) >= 11 is 12.2. The van der Waals surface area contributed by atoms with Gasteiger partial charge in [0.15, 0.2) is 11.5 Å². The molecule has 6 heteroatoms. The third-order valence-electron chi connectivity index (χ3n) is 3.76. The van der Waals surface area contributed by atoms with E-state index in [2.05, 4.69) is 5.32 Å². The van der Waals surface area contributed by atoms with Gasteiger partial charge < -0.3 is 14.8 Å². The van der Waals surface area contributed by atoms with Gasteiger partial charge in [-0.05, 0) is 36.2 Å². The first kappa shape index (κ1) is 16.9. The van der Waals surface area contributed by atoms with Gasteiger partial charge in [0.2, 0.25) is 5.91 Å². The van der Waals surface area contributed by atoms with Crippen LogP contribution in [-0.4, -0.2) is 25.2 Å². The van der Waals surface area contributed by atoms with Crippen LogP contribution in [0.1, 0.15) is 12.0 Å². The minimum Gasteiger partial charge on any atom is -0.486 e. The maximum Gasteiger partial charge on any atom is 0.220 e. The number of fused-ring (bicyclic) bond motifs is 1.